The highest BCUT2D eigenvalue weighted by molar-refractivity contribution is 14.1. The summed E-state index contributed by atoms with van der Waals surface area (Å²) in [6.45, 7) is 6.32. The number of alkyl halides is 1. The third-order valence-corrected chi connectivity index (χ3v) is 3.54. The smallest absolute Gasteiger partial charge is 0.0297 e. The minimum absolute atomic E-state index is 0. The van der Waals surface area contributed by atoms with E-state index in [2.05, 4.69) is 64.3 Å². The van der Waals surface area contributed by atoms with Gasteiger partial charge in [0.05, 0.1) is 0 Å². The molecule has 0 aromatic carbocycles. The monoisotopic (exact) mass is 495 g/mol. The fourth-order valence-electron chi connectivity index (χ4n) is 1.61. The van der Waals surface area contributed by atoms with Gasteiger partial charge in [-0.05, 0) is 79.0 Å². The van der Waals surface area contributed by atoms with Gasteiger partial charge in [0.15, 0.2) is 0 Å². The van der Waals surface area contributed by atoms with Gasteiger partial charge in [0.1, 0.15) is 0 Å². The maximum Gasteiger partial charge on any atom is 0.0297 e. The standard InChI is InChI=1S/C6H7N.C6H10.C5H6S.CH3I.5CH4/c1-6-3-2-4-7-5-6;1-6-4-2-3-5-6;1-5-2-3-6-4-5;1-2;;;;;/h2-5H,1H3;4H,2-3,5H2,1H3;2-4H,1H3;1H3;5*1H4. The Morgan fingerprint density at radius 1 is 0.923 bits per heavy atom. The highest BCUT2D eigenvalue weighted by atomic mass is 127. The Balaban J connectivity index is -0.0000000505. The molecule has 3 rings (SSSR count). The first-order chi connectivity index (χ1) is 10.2. The third kappa shape index (κ3) is 25.6. The number of thiophene rings is 1. The Kier molecular flexibility index (Phi) is 44.9. The summed E-state index contributed by atoms with van der Waals surface area (Å²) in [6, 6.07) is 6.05. The highest BCUT2D eigenvalue weighted by Gasteiger charge is 1.95. The van der Waals surface area contributed by atoms with E-state index in [1.165, 1.54) is 30.4 Å². The lowest BCUT2D eigenvalue weighted by Crippen LogP contribution is -1.69. The van der Waals surface area contributed by atoms with Crippen molar-refractivity contribution < 1.29 is 0 Å². The summed E-state index contributed by atoms with van der Waals surface area (Å²) in [4.78, 5) is 5.85. The lowest BCUT2D eigenvalue weighted by Gasteiger charge is -1.82. The fourth-order valence-corrected chi connectivity index (χ4v) is 2.28. The molecule has 0 saturated heterocycles. The zero-order valence-corrected chi connectivity index (χ0v) is 16.4. The minimum Gasteiger partial charge on any atom is -0.264 e. The summed E-state index contributed by atoms with van der Waals surface area (Å²) >= 11 is 3.89. The zero-order valence-electron chi connectivity index (χ0n) is 13.5. The molecule has 0 radical (unpaired) electrons. The van der Waals surface area contributed by atoms with Crippen LogP contribution < -0.4 is 0 Å². The summed E-state index contributed by atoms with van der Waals surface area (Å²) in [6.07, 6.45) is 9.99. The maximum atomic E-state index is 3.88. The van der Waals surface area contributed by atoms with Gasteiger partial charge in [-0.3, -0.25) is 4.98 Å². The van der Waals surface area contributed by atoms with E-state index in [9.17, 15) is 0 Å². The molecule has 0 amide bonds. The van der Waals surface area contributed by atoms with E-state index in [1.807, 2.05) is 30.2 Å². The van der Waals surface area contributed by atoms with Crippen LogP contribution in [0.15, 0.2) is 53.0 Å². The predicted molar refractivity (Wildman–Crippen MR) is 139 cm³/mol. The fraction of sp³-hybridized carbons (Fsp3) is 0.522. The Hall–Kier alpha value is -0.680. The number of aromatic nitrogens is 1. The summed E-state index contributed by atoms with van der Waals surface area (Å²) in [5, 5.41) is 4.20. The molecule has 2 aromatic heterocycles. The summed E-state index contributed by atoms with van der Waals surface area (Å²) in [7, 11) is 0. The van der Waals surface area contributed by atoms with Crippen LogP contribution in [0.25, 0.3) is 0 Å². The molecule has 0 spiro atoms. The molecular weight excluding hydrogens is 449 g/mol. The van der Waals surface area contributed by atoms with Gasteiger partial charge in [-0.15, -0.1) is 0 Å². The van der Waals surface area contributed by atoms with Crippen LogP contribution in [0.4, 0.5) is 0 Å². The maximum absolute atomic E-state index is 3.88. The van der Waals surface area contributed by atoms with Crippen LogP contribution in [0.1, 0.15) is 74.4 Å². The molecule has 3 heteroatoms. The van der Waals surface area contributed by atoms with E-state index in [0.29, 0.717) is 0 Å². The molecule has 1 aliphatic carbocycles. The van der Waals surface area contributed by atoms with Crippen molar-refractivity contribution in [2.75, 3.05) is 4.93 Å². The number of hydrogen-bond donors (Lipinski definition) is 0. The van der Waals surface area contributed by atoms with Crippen molar-refractivity contribution in [1.82, 2.24) is 4.98 Å². The van der Waals surface area contributed by atoms with Crippen LogP contribution in [0.2, 0.25) is 0 Å². The lowest BCUT2D eigenvalue weighted by molar-refractivity contribution is 0.907. The first-order valence-electron chi connectivity index (χ1n) is 7.07. The van der Waals surface area contributed by atoms with Crippen LogP contribution in [0.5, 0.6) is 0 Å². The predicted octanol–water partition coefficient (Wildman–Crippen LogP) is 9.79. The summed E-state index contributed by atoms with van der Waals surface area (Å²) in [5.74, 6) is 0. The van der Waals surface area contributed by atoms with Gasteiger partial charge in [-0.25, -0.2) is 0 Å². The second-order valence-corrected chi connectivity index (χ2v) is 5.55. The van der Waals surface area contributed by atoms with E-state index >= 15 is 0 Å². The van der Waals surface area contributed by atoms with Gasteiger partial charge in [-0.1, -0.05) is 77.4 Å². The molecule has 0 aliphatic heterocycles. The summed E-state index contributed by atoms with van der Waals surface area (Å²) < 4.78 is 0. The van der Waals surface area contributed by atoms with Gasteiger partial charge in [0.2, 0.25) is 0 Å². The molecule has 0 fully saturated rings. The number of pyridine rings is 1. The molecule has 0 saturated carbocycles. The van der Waals surface area contributed by atoms with E-state index in [1.54, 1.807) is 23.1 Å². The second kappa shape index (κ2) is 29.1. The van der Waals surface area contributed by atoms with Crippen molar-refractivity contribution in [3.63, 3.8) is 0 Å². The van der Waals surface area contributed by atoms with Crippen LogP contribution in [0, 0.1) is 13.8 Å². The van der Waals surface area contributed by atoms with Crippen LogP contribution >= 0.6 is 33.9 Å². The lowest BCUT2D eigenvalue weighted by atomic mass is 10.3. The average molecular weight is 496 g/mol. The number of rotatable bonds is 0. The molecule has 2 aromatic rings. The van der Waals surface area contributed by atoms with Crippen LogP contribution in [0.3, 0.4) is 0 Å². The van der Waals surface area contributed by atoms with Gasteiger partial charge in [-0.2, -0.15) is 11.3 Å². The average Bonchev–Trinajstić information content (AvgIpc) is 3.17. The largest absolute Gasteiger partial charge is 0.264 e. The van der Waals surface area contributed by atoms with Crippen LogP contribution in [-0.2, 0) is 0 Å². The van der Waals surface area contributed by atoms with Crippen molar-refractivity contribution in [1.29, 1.82) is 0 Å². The van der Waals surface area contributed by atoms with Crippen molar-refractivity contribution >= 4 is 33.9 Å². The van der Waals surface area contributed by atoms with Crippen LogP contribution in [-0.4, -0.2) is 9.91 Å². The van der Waals surface area contributed by atoms with Gasteiger partial charge in [0, 0.05) is 12.4 Å². The molecule has 0 atom stereocenters. The number of nitrogens with zero attached hydrogens (tertiary/aromatic N) is 1. The number of halogens is 1. The van der Waals surface area contributed by atoms with Crippen molar-refractivity contribution in [3.8, 4) is 0 Å². The van der Waals surface area contributed by atoms with Crippen molar-refractivity contribution in [3.05, 3.63) is 64.1 Å². The Bertz CT molecular complexity index is 464. The molecule has 156 valence electrons. The molecule has 26 heavy (non-hydrogen) atoms. The molecule has 0 unspecified atom stereocenters. The Morgan fingerprint density at radius 2 is 1.54 bits per heavy atom. The second-order valence-electron chi connectivity index (χ2n) is 4.77. The van der Waals surface area contributed by atoms with Gasteiger partial charge >= 0.3 is 0 Å². The molecular formula is C23H46INS. The minimum atomic E-state index is 0. The molecule has 2 heterocycles. The zero-order chi connectivity index (χ0) is 15.9. The van der Waals surface area contributed by atoms with E-state index < -0.39 is 0 Å². The number of aryl methyl sites for hydroxylation is 2. The molecule has 1 aliphatic rings. The summed E-state index contributed by atoms with van der Waals surface area (Å²) in [5.41, 5.74) is 4.15. The topological polar surface area (TPSA) is 12.9 Å². The normalized spacial score (nSPS) is 9.50. The Labute approximate surface area is 184 Å². The van der Waals surface area contributed by atoms with E-state index in [-0.39, 0.29) is 37.1 Å². The van der Waals surface area contributed by atoms with E-state index in [0.717, 1.165) is 0 Å². The number of hydrogen-bond acceptors (Lipinski definition) is 2. The molecule has 1 nitrogen and oxygen atoms in total. The highest BCUT2D eigenvalue weighted by Crippen LogP contribution is 2.15. The molecule has 0 bridgehead atoms. The van der Waals surface area contributed by atoms with Crippen molar-refractivity contribution in [2.24, 2.45) is 0 Å². The van der Waals surface area contributed by atoms with Gasteiger partial charge in [0.25, 0.3) is 0 Å². The quantitative estimate of drug-likeness (QED) is 0.201. The first-order valence-corrected chi connectivity index (χ1v) is 10.2. The Morgan fingerprint density at radius 3 is 1.69 bits per heavy atom. The van der Waals surface area contributed by atoms with E-state index in [4.69, 9.17) is 0 Å². The molecule has 0 N–H and O–H groups in total. The number of allylic oxidation sites excluding steroid dienone is 2. The van der Waals surface area contributed by atoms with Crippen molar-refractivity contribution in [2.45, 2.75) is 77.2 Å². The SMILES string of the molecule is C.C.C.C.C.CC1=CCCC1.CI.Cc1cccnc1.Cc1ccsc1. The first kappa shape index (κ1) is 40.1. The van der Waals surface area contributed by atoms with Gasteiger partial charge < -0.3 is 0 Å². The third-order valence-electron chi connectivity index (χ3n) is 2.74.